The van der Waals surface area contributed by atoms with Gasteiger partial charge in [-0.1, -0.05) is 20.8 Å². The fourth-order valence-electron chi connectivity index (χ4n) is 2.95. The maximum Gasteiger partial charge on any atom is 0.0731 e. The lowest BCUT2D eigenvalue weighted by Gasteiger charge is -2.34. The fourth-order valence-corrected chi connectivity index (χ4v) is 3.97. The molecule has 1 fully saturated rings. The van der Waals surface area contributed by atoms with Gasteiger partial charge in [-0.15, -0.1) is 11.3 Å². The first-order chi connectivity index (χ1) is 10.00. The van der Waals surface area contributed by atoms with Crippen molar-refractivity contribution >= 4 is 11.3 Å². The first-order valence-corrected chi connectivity index (χ1v) is 9.22. The molecule has 1 aromatic rings. The van der Waals surface area contributed by atoms with E-state index in [9.17, 15) is 0 Å². The quantitative estimate of drug-likeness (QED) is 0.712. The van der Waals surface area contributed by atoms with Crippen molar-refractivity contribution in [2.24, 2.45) is 5.41 Å². The van der Waals surface area contributed by atoms with Crippen molar-refractivity contribution in [3.8, 4) is 0 Å². The van der Waals surface area contributed by atoms with Gasteiger partial charge in [0.15, 0.2) is 0 Å². The van der Waals surface area contributed by atoms with Gasteiger partial charge in [-0.2, -0.15) is 0 Å². The SMILES string of the molecule is CCCNCc1cc(COC2CCC(C)(C)CC2)c(C)s1. The lowest BCUT2D eigenvalue weighted by Crippen LogP contribution is -2.26. The number of ether oxygens (including phenoxy) is 1. The fraction of sp³-hybridized carbons (Fsp3) is 0.778. The number of hydrogen-bond donors (Lipinski definition) is 1. The zero-order valence-electron chi connectivity index (χ0n) is 14.1. The van der Waals surface area contributed by atoms with Crippen molar-refractivity contribution in [2.75, 3.05) is 6.54 Å². The van der Waals surface area contributed by atoms with Crippen molar-refractivity contribution in [1.29, 1.82) is 0 Å². The topological polar surface area (TPSA) is 21.3 Å². The standard InChI is InChI=1S/C18H31NOS/c1-5-10-19-12-17-11-15(14(2)21-17)13-20-16-6-8-18(3,4)9-7-16/h11,16,19H,5-10,12-13H2,1-4H3. The zero-order valence-corrected chi connectivity index (χ0v) is 14.9. The van der Waals surface area contributed by atoms with Gasteiger partial charge >= 0.3 is 0 Å². The predicted molar refractivity (Wildman–Crippen MR) is 91.9 cm³/mol. The number of thiophene rings is 1. The van der Waals surface area contributed by atoms with Crippen LogP contribution in [-0.2, 0) is 17.9 Å². The van der Waals surface area contributed by atoms with E-state index in [1.165, 1.54) is 47.4 Å². The molecule has 0 atom stereocenters. The highest BCUT2D eigenvalue weighted by Gasteiger charge is 2.27. The van der Waals surface area contributed by atoms with Crippen LogP contribution in [0.15, 0.2) is 6.07 Å². The van der Waals surface area contributed by atoms with E-state index in [0.29, 0.717) is 11.5 Å². The van der Waals surface area contributed by atoms with E-state index in [1.807, 2.05) is 11.3 Å². The second kappa shape index (κ2) is 7.75. The summed E-state index contributed by atoms with van der Waals surface area (Å²) in [5.41, 5.74) is 1.91. The lowest BCUT2D eigenvalue weighted by molar-refractivity contribution is -0.00563. The Morgan fingerprint density at radius 2 is 2.05 bits per heavy atom. The number of rotatable bonds is 7. The third kappa shape index (κ3) is 5.39. The number of nitrogens with one attached hydrogen (secondary N) is 1. The summed E-state index contributed by atoms with van der Waals surface area (Å²) in [5, 5.41) is 3.48. The Morgan fingerprint density at radius 3 is 2.71 bits per heavy atom. The molecule has 0 saturated heterocycles. The molecule has 0 bridgehead atoms. The molecule has 1 heterocycles. The zero-order chi connectivity index (χ0) is 15.3. The summed E-state index contributed by atoms with van der Waals surface area (Å²) in [5.74, 6) is 0. The Hall–Kier alpha value is -0.380. The lowest BCUT2D eigenvalue weighted by atomic mass is 9.76. The third-order valence-corrected chi connectivity index (χ3v) is 5.65. The van der Waals surface area contributed by atoms with Crippen LogP contribution in [-0.4, -0.2) is 12.6 Å². The summed E-state index contributed by atoms with van der Waals surface area (Å²) >= 11 is 1.91. The second-order valence-corrected chi connectivity index (χ2v) is 8.49. The van der Waals surface area contributed by atoms with Gasteiger partial charge in [0.1, 0.15) is 0 Å². The van der Waals surface area contributed by atoms with Crippen LogP contribution in [0.5, 0.6) is 0 Å². The van der Waals surface area contributed by atoms with Gasteiger partial charge in [-0.3, -0.25) is 0 Å². The highest BCUT2D eigenvalue weighted by molar-refractivity contribution is 7.12. The van der Waals surface area contributed by atoms with Gasteiger partial charge in [0.25, 0.3) is 0 Å². The molecule has 0 unspecified atom stereocenters. The summed E-state index contributed by atoms with van der Waals surface area (Å²) in [7, 11) is 0. The third-order valence-electron chi connectivity index (χ3n) is 4.56. The van der Waals surface area contributed by atoms with Gasteiger partial charge in [-0.25, -0.2) is 0 Å². The molecular weight excluding hydrogens is 278 g/mol. The molecule has 0 aromatic carbocycles. The molecule has 0 aliphatic heterocycles. The Morgan fingerprint density at radius 1 is 1.33 bits per heavy atom. The van der Waals surface area contributed by atoms with Gasteiger partial charge in [0.05, 0.1) is 12.7 Å². The van der Waals surface area contributed by atoms with E-state index in [2.05, 4.69) is 39.1 Å². The number of aryl methyl sites for hydroxylation is 1. The second-order valence-electron chi connectivity index (χ2n) is 7.15. The molecule has 0 amide bonds. The summed E-state index contributed by atoms with van der Waals surface area (Å²) in [6.07, 6.45) is 6.71. The summed E-state index contributed by atoms with van der Waals surface area (Å²) < 4.78 is 6.17. The van der Waals surface area contributed by atoms with Gasteiger partial charge in [0, 0.05) is 16.3 Å². The first-order valence-electron chi connectivity index (χ1n) is 8.40. The monoisotopic (exact) mass is 309 g/mol. The molecule has 0 radical (unpaired) electrons. The molecule has 1 aliphatic carbocycles. The van der Waals surface area contributed by atoms with E-state index in [4.69, 9.17) is 4.74 Å². The number of hydrogen-bond acceptors (Lipinski definition) is 3. The molecule has 3 heteroatoms. The summed E-state index contributed by atoms with van der Waals surface area (Å²) in [6.45, 7) is 12.1. The largest absolute Gasteiger partial charge is 0.374 e. The van der Waals surface area contributed by atoms with Crippen LogP contribution < -0.4 is 5.32 Å². The summed E-state index contributed by atoms with van der Waals surface area (Å²) in [6, 6.07) is 2.33. The van der Waals surface area contributed by atoms with E-state index < -0.39 is 0 Å². The van der Waals surface area contributed by atoms with Crippen molar-refractivity contribution in [2.45, 2.75) is 79.1 Å². The van der Waals surface area contributed by atoms with Crippen LogP contribution in [0.1, 0.15) is 68.2 Å². The van der Waals surface area contributed by atoms with Crippen LogP contribution in [0.25, 0.3) is 0 Å². The van der Waals surface area contributed by atoms with Crippen molar-refractivity contribution in [3.05, 3.63) is 21.4 Å². The van der Waals surface area contributed by atoms with E-state index >= 15 is 0 Å². The molecule has 120 valence electrons. The Labute approximate surface area is 134 Å². The first kappa shape index (κ1) is 17.0. The Balaban J connectivity index is 1.78. The van der Waals surface area contributed by atoms with Gasteiger partial charge < -0.3 is 10.1 Å². The maximum absolute atomic E-state index is 6.17. The minimum atomic E-state index is 0.471. The average molecular weight is 310 g/mol. The van der Waals surface area contributed by atoms with E-state index in [0.717, 1.165) is 19.7 Å². The molecule has 1 N–H and O–H groups in total. The van der Waals surface area contributed by atoms with Crippen molar-refractivity contribution < 1.29 is 4.74 Å². The Kier molecular flexibility index (Phi) is 6.27. The van der Waals surface area contributed by atoms with Crippen molar-refractivity contribution in [3.63, 3.8) is 0 Å². The van der Waals surface area contributed by atoms with Crippen LogP contribution in [0.2, 0.25) is 0 Å². The molecule has 2 nitrogen and oxygen atoms in total. The molecule has 2 rings (SSSR count). The van der Waals surface area contributed by atoms with Crippen LogP contribution >= 0.6 is 11.3 Å². The highest BCUT2D eigenvalue weighted by Crippen LogP contribution is 2.36. The molecule has 0 spiro atoms. The average Bonchev–Trinajstić information content (AvgIpc) is 2.78. The molecular formula is C18H31NOS. The minimum absolute atomic E-state index is 0.471. The van der Waals surface area contributed by atoms with Crippen LogP contribution in [0.3, 0.4) is 0 Å². The molecule has 1 aromatic heterocycles. The van der Waals surface area contributed by atoms with Gasteiger partial charge in [-0.05, 0) is 62.6 Å². The normalized spacial score (nSPS) is 19.0. The van der Waals surface area contributed by atoms with Crippen LogP contribution in [0.4, 0.5) is 0 Å². The van der Waals surface area contributed by atoms with Crippen molar-refractivity contribution in [1.82, 2.24) is 5.32 Å². The highest BCUT2D eigenvalue weighted by atomic mass is 32.1. The van der Waals surface area contributed by atoms with E-state index in [-0.39, 0.29) is 0 Å². The van der Waals surface area contributed by atoms with E-state index in [1.54, 1.807) is 0 Å². The molecule has 21 heavy (non-hydrogen) atoms. The van der Waals surface area contributed by atoms with Gasteiger partial charge in [0.2, 0.25) is 0 Å². The predicted octanol–water partition coefficient (Wildman–Crippen LogP) is 5.04. The molecule has 1 saturated carbocycles. The minimum Gasteiger partial charge on any atom is -0.374 e. The Bertz CT molecular complexity index is 428. The maximum atomic E-state index is 6.17. The summed E-state index contributed by atoms with van der Waals surface area (Å²) in [4.78, 5) is 2.85. The van der Waals surface area contributed by atoms with Crippen LogP contribution in [0, 0.1) is 12.3 Å². The molecule has 1 aliphatic rings. The smallest absolute Gasteiger partial charge is 0.0731 e.